The fourth-order valence-electron chi connectivity index (χ4n) is 2.27. The third-order valence-electron chi connectivity index (χ3n) is 3.56. The molecule has 0 radical (unpaired) electrons. The Morgan fingerprint density at radius 2 is 2.04 bits per heavy atom. The number of amides is 1. The van der Waals surface area contributed by atoms with Gasteiger partial charge in [0.25, 0.3) is 5.91 Å². The maximum atomic E-state index is 11.8. The lowest BCUT2D eigenvalue weighted by Gasteiger charge is -2.13. The van der Waals surface area contributed by atoms with Crippen molar-refractivity contribution in [3.63, 3.8) is 0 Å². The molecular formula is C17H22N2O4. The van der Waals surface area contributed by atoms with Crippen LogP contribution in [0.1, 0.15) is 11.1 Å². The van der Waals surface area contributed by atoms with Crippen LogP contribution in [0.15, 0.2) is 27.4 Å². The zero-order valence-corrected chi connectivity index (χ0v) is 13.9. The molecule has 0 aliphatic heterocycles. The van der Waals surface area contributed by atoms with Crippen LogP contribution in [0.3, 0.4) is 0 Å². The zero-order chi connectivity index (χ0) is 17.0. The van der Waals surface area contributed by atoms with Crippen LogP contribution in [-0.4, -0.2) is 44.6 Å². The number of carbonyl (C=O) groups is 1. The molecule has 0 saturated heterocycles. The van der Waals surface area contributed by atoms with Crippen molar-refractivity contribution in [2.45, 2.75) is 13.8 Å². The average Bonchev–Trinajstić information content (AvgIpc) is 2.46. The van der Waals surface area contributed by atoms with E-state index in [0.717, 1.165) is 17.5 Å². The van der Waals surface area contributed by atoms with Crippen molar-refractivity contribution in [1.82, 2.24) is 10.2 Å². The van der Waals surface area contributed by atoms with Crippen LogP contribution >= 0.6 is 0 Å². The molecule has 1 aromatic heterocycles. The molecule has 0 spiro atoms. The normalized spacial score (nSPS) is 11.0. The largest absolute Gasteiger partial charge is 0.483 e. The van der Waals surface area contributed by atoms with E-state index in [9.17, 15) is 9.59 Å². The Balaban J connectivity index is 2.08. The summed E-state index contributed by atoms with van der Waals surface area (Å²) in [7, 11) is 3.88. The van der Waals surface area contributed by atoms with Gasteiger partial charge in [-0.1, -0.05) is 0 Å². The summed E-state index contributed by atoms with van der Waals surface area (Å²) in [6.07, 6.45) is 0. The lowest BCUT2D eigenvalue weighted by atomic mass is 10.1. The lowest BCUT2D eigenvalue weighted by Crippen LogP contribution is -2.34. The van der Waals surface area contributed by atoms with Crippen LogP contribution in [0.5, 0.6) is 5.75 Å². The van der Waals surface area contributed by atoms with Crippen molar-refractivity contribution in [1.29, 1.82) is 0 Å². The molecule has 1 amide bonds. The molecule has 124 valence electrons. The number of aryl methyl sites for hydroxylation is 2. The number of hydrogen-bond acceptors (Lipinski definition) is 5. The van der Waals surface area contributed by atoms with Crippen molar-refractivity contribution in [2.24, 2.45) is 0 Å². The Kier molecular flexibility index (Phi) is 5.39. The first kappa shape index (κ1) is 17.0. The van der Waals surface area contributed by atoms with E-state index < -0.39 is 5.63 Å². The minimum atomic E-state index is -0.392. The Morgan fingerprint density at radius 1 is 1.30 bits per heavy atom. The fraction of sp³-hybridized carbons (Fsp3) is 0.412. The van der Waals surface area contributed by atoms with Gasteiger partial charge in [0.05, 0.1) is 0 Å². The Bertz CT molecular complexity index is 765. The molecular weight excluding hydrogens is 296 g/mol. The number of ether oxygens (including phenoxy) is 1. The summed E-state index contributed by atoms with van der Waals surface area (Å²) < 4.78 is 10.8. The van der Waals surface area contributed by atoms with Crippen LogP contribution in [0.2, 0.25) is 0 Å². The lowest BCUT2D eigenvalue weighted by molar-refractivity contribution is -0.123. The molecule has 0 bridgehead atoms. The first-order valence-corrected chi connectivity index (χ1v) is 7.47. The molecule has 0 saturated carbocycles. The van der Waals surface area contributed by atoms with Crippen LogP contribution in [0.25, 0.3) is 11.0 Å². The van der Waals surface area contributed by atoms with Crippen LogP contribution in [-0.2, 0) is 4.79 Å². The molecule has 1 N–H and O–H groups in total. The summed E-state index contributed by atoms with van der Waals surface area (Å²) in [6, 6.07) is 5.08. The van der Waals surface area contributed by atoms with Crippen molar-refractivity contribution in [2.75, 3.05) is 33.8 Å². The van der Waals surface area contributed by atoms with Crippen molar-refractivity contribution < 1.29 is 13.9 Å². The predicted octanol–water partition coefficient (Wildman–Crippen LogP) is 1.47. The first-order valence-electron chi connectivity index (χ1n) is 7.47. The number of nitrogens with zero attached hydrogens (tertiary/aromatic N) is 1. The van der Waals surface area contributed by atoms with Gasteiger partial charge < -0.3 is 19.4 Å². The highest BCUT2D eigenvalue weighted by Gasteiger charge is 2.11. The van der Waals surface area contributed by atoms with Gasteiger partial charge in [-0.05, 0) is 45.6 Å². The molecule has 0 unspecified atom stereocenters. The second-order valence-electron chi connectivity index (χ2n) is 5.76. The van der Waals surface area contributed by atoms with Crippen molar-refractivity contribution in [3.05, 3.63) is 39.7 Å². The smallest absolute Gasteiger partial charge is 0.336 e. The van der Waals surface area contributed by atoms with E-state index in [1.807, 2.05) is 38.9 Å². The molecule has 0 aliphatic carbocycles. The Morgan fingerprint density at radius 3 is 2.74 bits per heavy atom. The number of fused-ring (bicyclic) bond motifs is 1. The molecule has 1 aromatic carbocycles. The van der Waals surface area contributed by atoms with Crippen LogP contribution < -0.4 is 15.7 Å². The van der Waals surface area contributed by atoms with E-state index >= 15 is 0 Å². The highest BCUT2D eigenvalue weighted by atomic mass is 16.5. The molecule has 2 aromatic rings. The highest BCUT2D eigenvalue weighted by Crippen LogP contribution is 2.27. The number of nitrogens with one attached hydrogen (secondary N) is 1. The second kappa shape index (κ2) is 7.28. The van der Waals surface area contributed by atoms with Gasteiger partial charge in [0.1, 0.15) is 11.3 Å². The maximum absolute atomic E-state index is 11.8. The number of benzene rings is 1. The number of hydrogen-bond donors (Lipinski definition) is 1. The third kappa shape index (κ3) is 4.32. The van der Waals surface area contributed by atoms with Gasteiger partial charge in [-0.25, -0.2) is 4.79 Å². The first-order chi connectivity index (χ1) is 10.9. The van der Waals surface area contributed by atoms with Gasteiger partial charge in [-0.3, -0.25) is 4.79 Å². The zero-order valence-electron chi connectivity index (χ0n) is 13.9. The molecule has 0 fully saturated rings. The summed E-state index contributed by atoms with van der Waals surface area (Å²) in [4.78, 5) is 25.3. The van der Waals surface area contributed by atoms with Gasteiger partial charge in [-0.2, -0.15) is 0 Å². The monoisotopic (exact) mass is 318 g/mol. The highest BCUT2D eigenvalue weighted by molar-refractivity contribution is 5.85. The Labute approximate surface area is 135 Å². The SMILES string of the molecule is Cc1cc(=O)oc2c(C)c(OCC(=O)NCCN(C)C)ccc12. The standard InChI is InChI=1S/C17H22N2O4/c1-11-9-16(21)23-17-12(2)14(6-5-13(11)17)22-10-15(20)18-7-8-19(3)4/h5-6,9H,7-8,10H2,1-4H3,(H,18,20). The summed E-state index contributed by atoms with van der Waals surface area (Å²) in [5.74, 6) is 0.353. The van der Waals surface area contributed by atoms with Gasteiger partial charge >= 0.3 is 5.63 Å². The average molecular weight is 318 g/mol. The van der Waals surface area contributed by atoms with Crippen molar-refractivity contribution in [3.8, 4) is 5.75 Å². The predicted molar refractivity (Wildman–Crippen MR) is 89.0 cm³/mol. The van der Waals surface area contributed by atoms with E-state index in [0.29, 0.717) is 23.4 Å². The summed E-state index contributed by atoms with van der Waals surface area (Å²) in [6.45, 7) is 4.93. The Hall–Kier alpha value is -2.34. The van der Waals surface area contributed by atoms with E-state index in [4.69, 9.17) is 9.15 Å². The van der Waals surface area contributed by atoms with E-state index in [1.165, 1.54) is 6.07 Å². The third-order valence-corrected chi connectivity index (χ3v) is 3.56. The maximum Gasteiger partial charge on any atom is 0.336 e. The summed E-state index contributed by atoms with van der Waals surface area (Å²) >= 11 is 0. The van der Waals surface area contributed by atoms with Gasteiger partial charge in [0.2, 0.25) is 0 Å². The molecule has 2 rings (SSSR count). The summed E-state index contributed by atoms with van der Waals surface area (Å²) in [5, 5.41) is 3.65. The number of carbonyl (C=O) groups excluding carboxylic acids is 1. The number of likely N-dealkylation sites (N-methyl/N-ethyl adjacent to an activating group) is 1. The van der Waals surface area contributed by atoms with E-state index in [-0.39, 0.29) is 12.5 Å². The van der Waals surface area contributed by atoms with E-state index in [1.54, 1.807) is 6.07 Å². The fourth-order valence-corrected chi connectivity index (χ4v) is 2.27. The minimum Gasteiger partial charge on any atom is -0.483 e. The van der Waals surface area contributed by atoms with Crippen LogP contribution in [0.4, 0.5) is 0 Å². The minimum absolute atomic E-state index is 0.0736. The molecule has 0 atom stereocenters. The van der Waals surface area contributed by atoms with Gasteiger partial charge in [0.15, 0.2) is 6.61 Å². The van der Waals surface area contributed by atoms with E-state index in [2.05, 4.69) is 5.32 Å². The second-order valence-corrected chi connectivity index (χ2v) is 5.76. The number of rotatable bonds is 6. The van der Waals surface area contributed by atoms with Crippen molar-refractivity contribution >= 4 is 16.9 Å². The molecule has 1 heterocycles. The molecule has 6 heteroatoms. The van der Waals surface area contributed by atoms with Gasteiger partial charge in [-0.15, -0.1) is 0 Å². The summed E-state index contributed by atoms with van der Waals surface area (Å²) in [5.41, 5.74) is 1.67. The molecule has 0 aliphatic rings. The van der Waals surface area contributed by atoms with Gasteiger partial charge in [0, 0.05) is 30.1 Å². The molecule has 6 nitrogen and oxygen atoms in total. The van der Waals surface area contributed by atoms with Crippen LogP contribution in [0, 0.1) is 13.8 Å². The topological polar surface area (TPSA) is 71.8 Å². The molecule has 23 heavy (non-hydrogen) atoms. The quantitative estimate of drug-likeness (QED) is 0.817.